The highest BCUT2D eigenvalue weighted by molar-refractivity contribution is 5.93. The minimum atomic E-state index is -0.430. The smallest absolute Gasteiger partial charge is 0.343 e. The predicted molar refractivity (Wildman–Crippen MR) is 80.6 cm³/mol. The Bertz CT molecular complexity index is 585. The van der Waals surface area contributed by atoms with E-state index in [1.54, 1.807) is 48.5 Å². The molecule has 0 unspecified atom stereocenters. The van der Waals surface area contributed by atoms with Crippen molar-refractivity contribution < 1.29 is 9.53 Å². The second kappa shape index (κ2) is 7.16. The third-order valence-electron chi connectivity index (χ3n) is 2.35. The Hall–Kier alpha value is -2.53. The van der Waals surface area contributed by atoms with E-state index in [0.29, 0.717) is 17.0 Å². The topological polar surface area (TPSA) is 88.2 Å². The number of halogens is 1. The van der Waals surface area contributed by atoms with Gasteiger partial charge in [0.2, 0.25) is 0 Å². The van der Waals surface area contributed by atoms with Gasteiger partial charge in [-0.15, -0.1) is 12.4 Å². The van der Waals surface area contributed by atoms with Gasteiger partial charge >= 0.3 is 5.97 Å². The summed E-state index contributed by atoms with van der Waals surface area (Å²) in [5.41, 5.74) is 6.28. The third kappa shape index (κ3) is 4.29. The highest BCUT2D eigenvalue weighted by Crippen LogP contribution is 2.14. The molecule has 2 rings (SSSR count). The van der Waals surface area contributed by atoms with Gasteiger partial charge in [-0.05, 0) is 36.4 Å². The summed E-state index contributed by atoms with van der Waals surface area (Å²) in [5, 5.41) is 9.72. The standard InChI is InChI=1S/C14H13N3O2.ClH/c15-14(16)17-11-8-6-10(7-9-11)13(18)19-12-4-2-1-3-5-12;/h1-9H,(H4,15,16,17);1H. The predicted octanol–water partition coefficient (Wildman–Crippen LogP) is 2.63. The van der Waals surface area contributed by atoms with Crippen molar-refractivity contribution in [1.29, 1.82) is 5.41 Å². The summed E-state index contributed by atoms with van der Waals surface area (Å²) in [5.74, 6) is -0.0846. The molecule has 0 radical (unpaired) electrons. The first kappa shape index (κ1) is 15.5. The lowest BCUT2D eigenvalue weighted by Crippen LogP contribution is -2.20. The van der Waals surface area contributed by atoms with Gasteiger partial charge in [0.15, 0.2) is 5.96 Å². The number of carbonyl (C=O) groups is 1. The fourth-order valence-electron chi connectivity index (χ4n) is 1.50. The minimum Gasteiger partial charge on any atom is -0.423 e. The molecule has 0 aromatic heterocycles. The maximum Gasteiger partial charge on any atom is 0.343 e. The molecule has 4 N–H and O–H groups in total. The van der Waals surface area contributed by atoms with Crippen LogP contribution in [0.1, 0.15) is 10.4 Å². The molecule has 0 amide bonds. The van der Waals surface area contributed by atoms with E-state index in [2.05, 4.69) is 5.32 Å². The van der Waals surface area contributed by atoms with Crippen LogP contribution < -0.4 is 15.8 Å². The van der Waals surface area contributed by atoms with Crippen molar-refractivity contribution in [3.63, 3.8) is 0 Å². The van der Waals surface area contributed by atoms with Gasteiger partial charge in [0.25, 0.3) is 0 Å². The van der Waals surface area contributed by atoms with Crippen molar-refractivity contribution in [1.82, 2.24) is 0 Å². The lowest BCUT2D eigenvalue weighted by Gasteiger charge is -2.06. The molecule has 2 aromatic carbocycles. The summed E-state index contributed by atoms with van der Waals surface area (Å²) in [7, 11) is 0. The molecular formula is C14H14ClN3O2. The van der Waals surface area contributed by atoms with Gasteiger partial charge in [-0.2, -0.15) is 0 Å². The van der Waals surface area contributed by atoms with Crippen molar-refractivity contribution >= 4 is 30.0 Å². The summed E-state index contributed by atoms with van der Waals surface area (Å²) < 4.78 is 5.20. The monoisotopic (exact) mass is 291 g/mol. The summed E-state index contributed by atoms with van der Waals surface area (Å²) >= 11 is 0. The van der Waals surface area contributed by atoms with Gasteiger partial charge in [-0.25, -0.2) is 4.79 Å². The Kier molecular flexibility index (Phi) is 5.56. The number of guanidine groups is 1. The Morgan fingerprint density at radius 1 is 1.05 bits per heavy atom. The molecule has 0 saturated heterocycles. The van der Waals surface area contributed by atoms with Crippen LogP contribution in [0.25, 0.3) is 0 Å². The summed E-state index contributed by atoms with van der Waals surface area (Å²) in [6.07, 6.45) is 0. The van der Waals surface area contributed by atoms with Crippen LogP contribution in [0.3, 0.4) is 0 Å². The number of benzene rings is 2. The molecule has 6 heteroatoms. The van der Waals surface area contributed by atoms with Gasteiger partial charge < -0.3 is 15.8 Å². The van der Waals surface area contributed by atoms with Gasteiger partial charge in [-0.1, -0.05) is 18.2 Å². The van der Waals surface area contributed by atoms with E-state index in [-0.39, 0.29) is 18.4 Å². The van der Waals surface area contributed by atoms with Crippen LogP contribution in [-0.2, 0) is 0 Å². The molecule has 0 aliphatic heterocycles. The van der Waals surface area contributed by atoms with Crippen molar-refractivity contribution in [2.75, 3.05) is 5.32 Å². The fourth-order valence-corrected chi connectivity index (χ4v) is 1.50. The van der Waals surface area contributed by atoms with Crippen LogP contribution in [-0.4, -0.2) is 11.9 Å². The quantitative estimate of drug-likeness (QED) is 0.351. The van der Waals surface area contributed by atoms with Crippen LogP contribution in [0.15, 0.2) is 54.6 Å². The number of ether oxygens (including phenoxy) is 1. The number of para-hydroxylation sites is 1. The molecule has 5 nitrogen and oxygen atoms in total. The first-order valence-corrected chi connectivity index (χ1v) is 5.63. The number of hydrogen-bond donors (Lipinski definition) is 3. The summed E-state index contributed by atoms with van der Waals surface area (Å²) in [6.45, 7) is 0. The van der Waals surface area contributed by atoms with Gasteiger partial charge in [0.05, 0.1) is 5.56 Å². The van der Waals surface area contributed by atoms with E-state index in [4.69, 9.17) is 15.9 Å². The van der Waals surface area contributed by atoms with Crippen LogP contribution in [0.5, 0.6) is 5.75 Å². The fraction of sp³-hybridized carbons (Fsp3) is 0. The Balaban J connectivity index is 0.00000200. The lowest BCUT2D eigenvalue weighted by atomic mass is 10.2. The van der Waals surface area contributed by atoms with E-state index in [9.17, 15) is 4.79 Å². The average Bonchev–Trinajstić information content (AvgIpc) is 2.40. The van der Waals surface area contributed by atoms with Crippen molar-refractivity contribution in [2.24, 2.45) is 5.73 Å². The number of hydrogen-bond acceptors (Lipinski definition) is 3. The Morgan fingerprint density at radius 2 is 1.65 bits per heavy atom. The van der Waals surface area contributed by atoms with Crippen LogP contribution in [0.2, 0.25) is 0 Å². The molecule has 20 heavy (non-hydrogen) atoms. The lowest BCUT2D eigenvalue weighted by molar-refractivity contribution is 0.0735. The van der Waals surface area contributed by atoms with Crippen LogP contribution >= 0.6 is 12.4 Å². The first-order valence-electron chi connectivity index (χ1n) is 5.63. The van der Waals surface area contributed by atoms with E-state index >= 15 is 0 Å². The van der Waals surface area contributed by atoms with Crippen molar-refractivity contribution in [2.45, 2.75) is 0 Å². The highest BCUT2D eigenvalue weighted by atomic mass is 35.5. The molecule has 104 valence electrons. The largest absolute Gasteiger partial charge is 0.423 e. The van der Waals surface area contributed by atoms with Gasteiger partial charge in [0.1, 0.15) is 5.75 Å². The molecule has 0 aliphatic carbocycles. The molecule has 0 heterocycles. The maximum absolute atomic E-state index is 11.8. The zero-order chi connectivity index (χ0) is 13.7. The molecule has 0 spiro atoms. The van der Waals surface area contributed by atoms with Gasteiger partial charge in [0, 0.05) is 5.69 Å². The number of anilines is 1. The maximum atomic E-state index is 11.8. The van der Waals surface area contributed by atoms with Crippen LogP contribution in [0.4, 0.5) is 5.69 Å². The number of esters is 1. The number of nitrogens with one attached hydrogen (secondary N) is 2. The van der Waals surface area contributed by atoms with E-state index in [0.717, 1.165) is 0 Å². The first-order chi connectivity index (χ1) is 9.15. The number of carbonyl (C=O) groups excluding carboxylic acids is 1. The Morgan fingerprint density at radius 3 is 2.20 bits per heavy atom. The molecule has 0 saturated carbocycles. The average molecular weight is 292 g/mol. The zero-order valence-electron chi connectivity index (χ0n) is 10.5. The molecule has 0 bridgehead atoms. The SMILES string of the molecule is Cl.N=C(N)Nc1ccc(C(=O)Oc2ccccc2)cc1. The van der Waals surface area contributed by atoms with Crippen molar-refractivity contribution in [3.05, 3.63) is 60.2 Å². The summed E-state index contributed by atoms with van der Waals surface area (Å²) in [6, 6.07) is 15.4. The molecule has 2 aromatic rings. The van der Waals surface area contributed by atoms with E-state index in [1.807, 2.05) is 6.07 Å². The second-order valence-corrected chi connectivity index (χ2v) is 3.82. The molecule has 0 aliphatic rings. The third-order valence-corrected chi connectivity index (χ3v) is 2.35. The zero-order valence-corrected chi connectivity index (χ0v) is 11.3. The van der Waals surface area contributed by atoms with Gasteiger partial charge in [-0.3, -0.25) is 5.41 Å². The molecular weight excluding hydrogens is 278 g/mol. The highest BCUT2D eigenvalue weighted by Gasteiger charge is 2.08. The van der Waals surface area contributed by atoms with E-state index in [1.165, 1.54) is 0 Å². The second-order valence-electron chi connectivity index (χ2n) is 3.82. The molecule has 0 fully saturated rings. The normalized spacial score (nSPS) is 9.20. The van der Waals surface area contributed by atoms with E-state index < -0.39 is 5.97 Å². The van der Waals surface area contributed by atoms with Crippen molar-refractivity contribution in [3.8, 4) is 5.75 Å². The molecule has 0 atom stereocenters. The van der Waals surface area contributed by atoms with Crippen LogP contribution in [0, 0.1) is 5.41 Å². The summed E-state index contributed by atoms with van der Waals surface area (Å²) in [4.78, 5) is 11.8. The minimum absolute atomic E-state index is 0. The number of nitrogens with two attached hydrogens (primary N) is 1. The number of rotatable bonds is 3. The Labute approximate surface area is 122 Å².